The normalized spacial score (nSPS) is 10.9. The lowest BCUT2D eigenvalue weighted by molar-refractivity contribution is -0.143. The molecule has 4 N–H and O–H groups in total. The molecular formula is C26H29N3O7. The molecule has 0 aliphatic rings. The summed E-state index contributed by atoms with van der Waals surface area (Å²) in [6.07, 6.45) is 1.31. The van der Waals surface area contributed by atoms with Crippen molar-refractivity contribution in [2.75, 3.05) is 19.7 Å². The number of ether oxygens (including phenoxy) is 2. The number of nitrogen functional groups attached to an aromatic ring is 1. The minimum atomic E-state index is -1.05. The summed E-state index contributed by atoms with van der Waals surface area (Å²) in [5.41, 5.74) is 7.20. The van der Waals surface area contributed by atoms with Gasteiger partial charge in [0.1, 0.15) is 11.6 Å². The van der Waals surface area contributed by atoms with Crippen LogP contribution in [0.15, 0.2) is 54.1 Å². The number of amidine groups is 1. The summed E-state index contributed by atoms with van der Waals surface area (Å²) in [4.78, 5) is 49.3. The first-order valence-electron chi connectivity index (χ1n) is 11.2. The van der Waals surface area contributed by atoms with Crippen molar-refractivity contribution >= 4 is 35.7 Å². The van der Waals surface area contributed by atoms with E-state index in [0.29, 0.717) is 28.0 Å². The Hall–Kier alpha value is -4.47. The lowest BCUT2D eigenvalue weighted by Crippen LogP contribution is -2.35. The number of carbonyl (C=O) groups is 4. The molecule has 0 radical (unpaired) electrons. The highest BCUT2D eigenvalue weighted by Gasteiger charge is 2.18. The van der Waals surface area contributed by atoms with E-state index in [1.807, 2.05) is 0 Å². The molecule has 2 aromatic rings. The summed E-state index contributed by atoms with van der Waals surface area (Å²) in [6, 6.07) is 12.6. The summed E-state index contributed by atoms with van der Waals surface area (Å²) in [7, 11) is 0. The van der Waals surface area contributed by atoms with E-state index in [-0.39, 0.29) is 38.4 Å². The average Bonchev–Trinajstić information content (AvgIpc) is 2.84. The Labute approximate surface area is 208 Å². The van der Waals surface area contributed by atoms with Gasteiger partial charge in [0.25, 0.3) is 0 Å². The van der Waals surface area contributed by atoms with Gasteiger partial charge in [0.15, 0.2) is 0 Å². The molecule has 0 heterocycles. The third-order valence-electron chi connectivity index (χ3n) is 5.02. The van der Waals surface area contributed by atoms with Gasteiger partial charge in [-0.25, -0.2) is 4.79 Å². The number of aliphatic carboxylic acids is 1. The summed E-state index contributed by atoms with van der Waals surface area (Å²) in [5, 5.41) is 16.4. The lowest BCUT2D eigenvalue weighted by atomic mass is 10.1. The zero-order valence-corrected chi connectivity index (χ0v) is 20.2. The maximum Gasteiger partial charge on any atom is 0.343 e. The van der Waals surface area contributed by atoms with Crippen LogP contribution in [0, 0.1) is 5.41 Å². The maximum absolute atomic E-state index is 12.9. The highest BCUT2D eigenvalue weighted by Crippen LogP contribution is 2.16. The fourth-order valence-electron chi connectivity index (χ4n) is 3.15. The monoisotopic (exact) mass is 495 g/mol. The van der Waals surface area contributed by atoms with E-state index in [4.69, 9.17) is 25.7 Å². The second-order valence-electron chi connectivity index (χ2n) is 7.77. The topological polar surface area (TPSA) is 160 Å². The molecule has 0 unspecified atom stereocenters. The maximum atomic E-state index is 12.9. The molecule has 0 aliphatic heterocycles. The van der Waals surface area contributed by atoms with Crippen molar-refractivity contribution in [3.8, 4) is 5.75 Å². The van der Waals surface area contributed by atoms with Crippen molar-refractivity contribution < 1.29 is 33.8 Å². The molecule has 36 heavy (non-hydrogen) atoms. The van der Waals surface area contributed by atoms with Gasteiger partial charge in [0.05, 0.1) is 25.0 Å². The van der Waals surface area contributed by atoms with Crippen molar-refractivity contribution in [2.24, 2.45) is 5.73 Å². The summed E-state index contributed by atoms with van der Waals surface area (Å²) >= 11 is 0. The standard InChI is InChI=1S/C26H29N3O7/c1-3-35-23(32)13-15-29(14-12-22(30)31)25(33)17(2)16-18-4-6-20(7-5-18)26(34)36-21-10-8-19(9-11-21)24(27)28/h4-11,16H,3,12-15H2,1-2H3,(H3,27,28)(H,30,31)/b17-16+. The number of nitrogens with two attached hydrogens (primary N) is 1. The minimum absolute atomic E-state index is 0.0360. The van der Waals surface area contributed by atoms with E-state index in [9.17, 15) is 19.2 Å². The Morgan fingerprint density at radius 2 is 1.56 bits per heavy atom. The minimum Gasteiger partial charge on any atom is -0.481 e. The summed E-state index contributed by atoms with van der Waals surface area (Å²) < 4.78 is 10.2. The van der Waals surface area contributed by atoms with Gasteiger partial charge in [0.2, 0.25) is 5.91 Å². The molecular weight excluding hydrogens is 466 g/mol. The van der Waals surface area contributed by atoms with E-state index in [0.717, 1.165) is 0 Å². The Morgan fingerprint density at radius 3 is 2.11 bits per heavy atom. The van der Waals surface area contributed by atoms with Crippen LogP contribution in [0.5, 0.6) is 5.75 Å². The second kappa shape index (κ2) is 13.4. The Balaban J connectivity index is 2.06. The number of carbonyl (C=O) groups excluding carboxylic acids is 3. The van der Waals surface area contributed by atoms with Gasteiger partial charge in [0, 0.05) is 24.2 Å². The van der Waals surface area contributed by atoms with E-state index in [1.54, 1.807) is 68.5 Å². The van der Waals surface area contributed by atoms with Gasteiger partial charge in [-0.2, -0.15) is 0 Å². The van der Waals surface area contributed by atoms with Crippen LogP contribution in [-0.4, -0.2) is 59.4 Å². The molecule has 2 rings (SSSR count). The third-order valence-corrected chi connectivity index (χ3v) is 5.02. The van der Waals surface area contributed by atoms with E-state index < -0.39 is 23.8 Å². The number of amides is 1. The number of carboxylic acids is 1. The van der Waals surface area contributed by atoms with Crippen molar-refractivity contribution in [3.05, 3.63) is 70.8 Å². The summed E-state index contributed by atoms with van der Waals surface area (Å²) in [6.45, 7) is 3.48. The number of carboxylic acid groups (broad SMARTS) is 1. The third kappa shape index (κ3) is 8.71. The molecule has 0 saturated carbocycles. The van der Waals surface area contributed by atoms with Crippen molar-refractivity contribution in [2.45, 2.75) is 26.7 Å². The van der Waals surface area contributed by atoms with Crippen LogP contribution in [0.3, 0.4) is 0 Å². The van der Waals surface area contributed by atoms with Gasteiger partial charge in [-0.05, 0) is 61.9 Å². The van der Waals surface area contributed by atoms with Crippen molar-refractivity contribution in [3.63, 3.8) is 0 Å². The first kappa shape index (κ1) is 27.8. The van der Waals surface area contributed by atoms with Crippen LogP contribution >= 0.6 is 0 Å². The van der Waals surface area contributed by atoms with Crippen LogP contribution < -0.4 is 10.5 Å². The zero-order chi connectivity index (χ0) is 26.7. The molecule has 10 heteroatoms. The molecule has 0 aliphatic carbocycles. The second-order valence-corrected chi connectivity index (χ2v) is 7.77. The molecule has 0 fully saturated rings. The molecule has 1 amide bonds. The smallest absolute Gasteiger partial charge is 0.343 e. The molecule has 0 spiro atoms. The van der Waals surface area contributed by atoms with Crippen molar-refractivity contribution in [1.82, 2.24) is 4.90 Å². The molecule has 2 aromatic carbocycles. The van der Waals surface area contributed by atoms with Crippen LogP contribution in [0.4, 0.5) is 0 Å². The SMILES string of the molecule is CCOC(=O)CCN(CCC(=O)O)C(=O)/C(C)=C/c1ccc(C(=O)Oc2ccc(C(=N)N)cc2)cc1. The predicted molar refractivity (Wildman–Crippen MR) is 133 cm³/mol. The predicted octanol–water partition coefficient (Wildman–Crippen LogP) is 2.85. The number of nitrogens with one attached hydrogen (secondary N) is 1. The summed E-state index contributed by atoms with van der Waals surface area (Å²) in [5.74, 6) is -2.29. The number of hydrogen-bond donors (Lipinski definition) is 3. The van der Waals surface area contributed by atoms with Crippen LogP contribution in [-0.2, 0) is 19.1 Å². The largest absolute Gasteiger partial charge is 0.481 e. The molecule has 0 atom stereocenters. The Morgan fingerprint density at radius 1 is 0.972 bits per heavy atom. The van der Waals surface area contributed by atoms with Gasteiger partial charge in [-0.3, -0.25) is 19.8 Å². The van der Waals surface area contributed by atoms with Crippen LogP contribution in [0.1, 0.15) is 48.2 Å². The number of nitrogens with zero attached hydrogens (tertiary/aromatic N) is 1. The molecule has 0 aromatic heterocycles. The van der Waals surface area contributed by atoms with Gasteiger partial charge >= 0.3 is 17.9 Å². The van der Waals surface area contributed by atoms with Crippen LogP contribution in [0.2, 0.25) is 0 Å². The van der Waals surface area contributed by atoms with Crippen LogP contribution in [0.25, 0.3) is 6.08 Å². The highest BCUT2D eigenvalue weighted by molar-refractivity contribution is 5.98. The fourth-order valence-corrected chi connectivity index (χ4v) is 3.15. The Kier molecular flexibility index (Phi) is 10.4. The quantitative estimate of drug-likeness (QED) is 0.133. The zero-order valence-electron chi connectivity index (χ0n) is 20.2. The fraction of sp³-hybridized carbons (Fsp3) is 0.269. The highest BCUT2D eigenvalue weighted by atomic mass is 16.5. The van der Waals surface area contributed by atoms with E-state index in [2.05, 4.69) is 0 Å². The molecule has 0 bridgehead atoms. The van der Waals surface area contributed by atoms with Gasteiger partial charge in [-0.1, -0.05) is 12.1 Å². The van der Waals surface area contributed by atoms with Gasteiger partial charge < -0.3 is 25.2 Å². The number of hydrogen-bond acceptors (Lipinski definition) is 7. The molecule has 0 saturated heterocycles. The first-order chi connectivity index (χ1) is 17.1. The Bertz CT molecular complexity index is 1140. The van der Waals surface area contributed by atoms with Crippen molar-refractivity contribution in [1.29, 1.82) is 5.41 Å². The molecule has 10 nitrogen and oxygen atoms in total. The number of benzene rings is 2. The lowest BCUT2D eigenvalue weighted by Gasteiger charge is -2.22. The number of esters is 2. The number of rotatable bonds is 12. The van der Waals surface area contributed by atoms with E-state index in [1.165, 1.54) is 4.90 Å². The molecule has 190 valence electrons. The average molecular weight is 496 g/mol. The van der Waals surface area contributed by atoms with E-state index >= 15 is 0 Å². The van der Waals surface area contributed by atoms with Gasteiger partial charge in [-0.15, -0.1) is 0 Å². The first-order valence-corrected chi connectivity index (χ1v) is 11.2.